The first-order valence-corrected chi connectivity index (χ1v) is 7.25. The van der Waals surface area contributed by atoms with Gasteiger partial charge in [-0.3, -0.25) is 15.0 Å². The molecule has 0 amide bonds. The lowest BCUT2D eigenvalue weighted by molar-refractivity contribution is -0.384. The van der Waals surface area contributed by atoms with Gasteiger partial charge in [-0.05, 0) is 51.4 Å². The van der Waals surface area contributed by atoms with E-state index < -0.39 is 0 Å². The lowest BCUT2D eigenvalue weighted by Crippen LogP contribution is -2.40. The van der Waals surface area contributed by atoms with Crippen LogP contribution in [0.2, 0.25) is 0 Å². The summed E-state index contributed by atoms with van der Waals surface area (Å²) in [5, 5.41) is 13.9. The monoisotopic (exact) mass is 277 g/mol. The Balaban J connectivity index is 2.02. The quantitative estimate of drug-likeness (QED) is 0.664. The van der Waals surface area contributed by atoms with E-state index in [9.17, 15) is 10.1 Å². The summed E-state index contributed by atoms with van der Waals surface area (Å²) in [5.74, 6) is 0.703. The third-order valence-electron chi connectivity index (χ3n) is 4.18. The molecule has 2 rings (SSSR count). The zero-order valence-corrected chi connectivity index (χ0v) is 12.2. The number of nitro groups is 1. The summed E-state index contributed by atoms with van der Waals surface area (Å²) in [4.78, 5) is 12.8. The molecule has 1 aliphatic rings. The Morgan fingerprint density at radius 2 is 2.15 bits per heavy atom. The predicted molar refractivity (Wildman–Crippen MR) is 79.7 cm³/mol. The van der Waals surface area contributed by atoms with Gasteiger partial charge in [-0.25, -0.2) is 0 Å². The number of hydrogen-bond acceptors (Lipinski definition) is 4. The second-order valence-corrected chi connectivity index (χ2v) is 5.59. The molecule has 1 saturated heterocycles. The number of non-ortho nitro benzene ring substituents is 1. The van der Waals surface area contributed by atoms with Gasteiger partial charge in [0.15, 0.2) is 0 Å². The average molecular weight is 277 g/mol. The molecular formula is C15H23N3O2. The van der Waals surface area contributed by atoms with Crippen molar-refractivity contribution in [1.82, 2.24) is 10.2 Å². The second-order valence-electron chi connectivity index (χ2n) is 5.59. The summed E-state index contributed by atoms with van der Waals surface area (Å²) in [5.41, 5.74) is 1.31. The van der Waals surface area contributed by atoms with Gasteiger partial charge >= 0.3 is 0 Å². The average Bonchev–Trinajstić information content (AvgIpc) is 2.47. The summed E-state index contributed by atoms with van der Waals surface area (Å²) in [6, 6.07) is 7.27. The van der Waals surface area contributed by atoms with E-state index in [4.69, 9.17) is 0 Å². The van der Waals surface area contributed by atoms with E-state index in [0.717, 1.165) is 25.2 Å². The van der Waals surface area contributed by atoms with Gasteiger partial charge < -0.3 is 5.32 Å². The summed E-state index contributed by atoms with van der Waals surface area (Å²) in [7, 11) is 2.00. The maximum atomic E-state index is 10.7. The minimum Gasteiger partial charge on any atom is -0.319 e. The largest absolute Gasteiger partial charge is 0.319 e. The minimum absolute atomic E-state index is 0.160. The number of nitrogens with one attached hydrogen (secondary N) is 1. The van der Waals surface area contributed by atoms with Crippen molar-refractivity contribution in [2.24, 2.45) is 5.92 Å². The number of rotatable bonds is 5. The van der Waals surface area contributed by atoms with E-state index in [1.165, 1.54) is 12.8 Å². The van der Waals surface area contributed by atoms with Gasteiger partial charge in [-0.2, -0.15) is 0 Å². The molecule has 0 saturated carbocycles. The molecule has 0 aliphatic carbocycles. The molecule has 0 bridgehead atoms. The van der Waals surface area contributed by atoms with Crippen LogP contribution in [0.3, 0.4) is 0 Å². The van der Waals surface area contributed by atoms with Gasteiger partial charge in [-0.15, -0.1) is 0 Å². The van der Waals surface area contributed by atoms with E-state index in [-0.39, 0.29) is 10.6 Å². The zero-order valence-electron chi connectivity index (χ0n) is 12.2. The van der Waals surface area contributed by atoms with Crippen LogP contribution in [0.5, 0.6) is 0 Å². The maximum absolute atomic E-state index is 10.7. The van der Waals surface area contributed by atoms with Crippen LogP contribution in [-0.2, 0) is 0 Å². The summed E-state index contributed by atoms with van der Waals surface area (Å²) < 4.78 is 0. The Bertz CT molecular complexity index is 445. The fraction of sp³-hybridized carbons (Fsp3) is 0.600. The summed E-state index contributed by atoms with van der Waals surface area (Å²) >= 11 is 0. The van der Waals surface area contributed by atoms with Gasteiger partial charge in [0.1, 0.15) is 0 Å². The van der Waals surface area contributed by atoms with Gasteiger partial charge in [0.2, 0.25) is 0 Å². The third-order valence-corrected chi connectivity index (χ3v) is 4.18. The van der Waals surface area contributed by atoms with Crippen molar-refractivity contribution in [3.05, 3.63) is 39.9 Å². The Hall–Kier alpha value is -1.46. The van der Waals surface area contributed by atoms with Crippen LogP contribution in [0, 0.1) is 16.0 Å². The molecule has 1 heterocycles. The lowest BCUT2D eigenvalue weighted by Gasteiger charge is -2.37. The van der Waals surface area contributed by atoms with Crippen molar-refractivity contribution >= 4 is 5.69 Å². The van der Waals surface area contributed by atoms with E-state index >= 15 is 0 Å². The zero-order chi connectivity index (χ0) is 14.5. The molecule has 1 fully saturated rings. The van der Waals surface area contributed by atoms with Gasteiger partial charge in [0.05, 0.1) is 4.92 Å². The minimum atomic E-state index is -0.349. The molecule has 0 spiro atoms. The molecule has 5 heteroatoms. The van der Waals surface area contributed by atoms with Crippen LogP contribution in [-0.4, -0.2) is 36.5 Å². The maximum Gasteiger partial charge on any atom is 0.269 e. The first-order chi connectivity index (χ1) is 9.61. The number of benzene rings is 1. The van der Waals surface area contributed by atoms with Crippen molar-refractivity contribution < 1.29 is 4.92 Å². The van der Waals surface area contributed by atoms with Crippen molar-refractivity contribution in [2.75, 3.05) is 26.7 Å². The van der Waals surface area contributed by atoms with Crippen molar-refractivity contribution in [3.8, 4) is 0 Å². The second kappa shape index (κ2) is 6.81. The highest BCUT2D eigenvalue weighted by Gasteiger charge is 2.24. The Morgan fingerprint density at radius 1 is 1.45 bits per heavy atom. The smallest absolute Gasteiger partial charge is 0.269 e. The van der Waals surface area contributed by atoms with E-state index in [2.05, 4.69) is 17.1 Å². The topological polar surface area (TPSA) is 58.4 Å². The molecule has 0 aromatic heterocycles. The number of piperidine rings is 1. The van der Waals surface area contributed by atoms with Gasteiger partial charge in [-0.1, -0.05) is 12.1 Å². The molecular weight excluding hydrogens is 254 g/mol. The number of likely N-dealkylation sites (tertiary alicyclic amines) is 1. The third kappa shape index (κ3) is 3.55. The molecule has 1 N–H and O–H groups in total. The fourth-order valence-electron chi connectivity index (χ4n) is 2.99. The van der Waals surface area contributed by atoms with Crippen LogP contribution >= 0.6 is 0 Å². The van der Waals surface area contributed by atoms with Crippen LogP contribution in [0.1, 0.15) is 31.4 Å². The van der Waals surface area contributed by atoms with Crippen molar-refractivity contribution in [2.45, 2.75) is 25.8 Å². The van der Waals surface area contributed by atoms with Crippen LogP contribution in [0.15, 0.2) is 24.3 Å². The number of nitrogens with zero attached hydrogens (tertiary/aromatic N) is 2. The normalized spacial score (nSPS) is 21.6. The SMILES string of the molecule is CNCC1CCCN(C(C)c2ccc([N+](=O)[O-])cc2)C1. The standard InChI is InChI=1S/C15H23N3O2/c1-12(14-5-7-15(8-6-14)18(19)20)17-9-3-4-13(11-17)10-16-2/h5-8,12-13,16H,3-4,9-11H2,1-2H3. The highest BCUT2D eigenvalue weighted by atomic mass is 16.6. The molecule has 5 nitrogen and oxygen atoms in total. The highest BCUT2D eigenvalue weighted by Crippen LogP contribution is 2.27. The van der Waals surface area contributed by atoms with Crippen molar-refractivity contribution in [1.29, 1.82) is 0 Å². The molecule has 1 aromatic carbocycles. The Labute approximate surface area is 120 Å². The first kappa shape index (κ1) is 14.9. The van der Waals surface area contributed by atoms with Crippen molar-refractivity contribution in [3.63, 3.8) is 0 Å². The highest BCUT2D eigenvalue weighted by molar-refractivity contribution is 5.34. The predicted octanol–water partition coefficient (Wildman–Crippen LogP) is 2.59. The van der Waals surface area contributed by atoms with Crippen LogP contribution in [0.25, 0.3) is 0 Å². The van der Waals surface area contributed by atoms with E-state index in [0.29, 0.717) is 12.0 Å². The number of hydrogen-bond donors (Lipinski definition) is 1. The molecule has 0 radical (unpaired) electrons. The molecule has 20 heavy (non-hydrogen) atoms. The first-order valence-electron chi connectivity index (χ1n) is 7.25. The number of nitro benzene ring substituents is 1. The summed E-state index contributed by atoms with van der Waals surface area (Å²) in [6.45, 7) is 5.45. The Kier molecular flexibility index (Phi) is 5.09. The molecule has 1 aromatic rings. The van der Waals surface area contributed by atoms with E-state index in [1.807, 2.05) is 19.2 Å². The summed E-state index contributed by atoms with van der Waals surface area (Å²) in [6.07, 6.45) is 2.51. The van der Waals surface area contributed by atoms with Crippen LogP contribution < -0.4 is 5.32 Å². The molecule has 2 atom stereocenters. The van der Waals surface area contributed by atoms with E-state index in [1.54, 1.807) is 12.1 Å². The molecule has 2 unspecified atom stereocenters. The molecule has 1 aliphatic heterocycles. The fourth-order valence-corrected chi connectivity index (χ4v) is 2.99. The Morgan fingerprint density at radius 3 is 2.75 bits per heavy atom. The van der Waals surface area contributed by atoms with Gasteiger partial charge in [0, 0.05) is 24.7 Å². The van der Waals surface area contributed by atoms with Gasteiger partial charge in [0.25, 0.3) is 5.69 Å². The lowest BCUT2D eigenvalue weighted by atomic mass is 9.95. The van der Waals surface area contributed by atoms with Crippen LogP contribution in [0.4, 0.5) is 5.69 Å². The molecule has 110 valence electrons.